The summed E-state index contributed by atoms with van der Waals surface area (Å²) in [5, 5.41) is 0. The van der Waals surface area contributed by atoms with Crippen LogP contribution in [0, 0.1) is 5.82 Å². The van der Waals surface area contributed by atoms with Crippen molar-refractivity contribution < 1.29 is 9.18 Å². The number of carbonyl (C=O) groups is 1. The Morgan fingerprint density at radius 2 is 1.68 bits per heavy atom. The van der Waals surface area contributed by atoms with Crippen LogP contribution in [-0.2, 0) is 4.79 Å². The van der Waals surface area contributed by atoms with E-state index in [1.165, 1.54) is 12.1 Å². The van der Waals surface area contributed by atoms with Gasteiger partial charge < -0.3 is 4.90 Å². The van der Waals surface area contributed by atoms with Gasteiger partial charge in [-0.25, -0.2) is 4.39 Å². The molecule has 0 aliphatic carbocycles. The van der Waals surface area contributed by atoms with Gasteiger partial charge >= 0.3 is 0 Å². The van der Waals surface area contributed by atoms with E-state index in [1.807, 2.05) is 30.3 Å². The lowest BCUT2D eigenvalue weighted by atomic mass is 10.0. The molecule has 2 nitrogen and oxygen atoms in total. The first-order chi connectivity index (χ1) is 9.25. The monoisotopic (exact) mass is 255 g/mol. The van der Waals surface area contributed by atoms with Crippen LogP contribution >= 0.6 is 0 Å². The maximum absolute atomic E-state index is 13.0. The highest BCUT2D eigenvalue weighted by molar-refractivity contribution is 5.96. The highest BCUT2D eigenvalue weighted by atomic mass is 19.1. The van der Waals surface area contributed by atoms with Crippen molar-refractivity contribution in [3.05, 3.63) is 66.0 Å². The first-order valence-corrected chi connectivity index (χ1v) is 6.38. The Morgan fingerprint density at radius 3 is 2.37 bits per heavy atom. The number of rotatable bonds is 2. The van der Waals surface area contributed by atoms with Gasteiger partial charge in [-0.1, -0.05) is 30.3 Å². The van der Waals surface area contributed by atoms with Gasteiger partial charge in [-0.15, -0.1) is 0 Å². The van der Waals surface area contributed by atoms with Gasteiger partial charge in [0.1, 0.15) is 5.82 Å². The Hall–Kier alpha value is -2.16. The predicted octanol–water partition coefficient (Wildman–Crippen LogP) is 3.69. The Labute approximate surface area is 111 Å². The van der Waals surface area contributed by atoms with E-state index in [2.05, 4.69) is 0 Å². The minimum atomic E-state index is -0.286. The summed E-state index contributed by atoms with van der Waals surface area (Å²) in [7, 11) is 0. The Balaban J connectivity index is 1.97. The van der Waals surface area contributed by atoms with E-state index >= 15 is 0 Å². The summed E-state index contributed by atoms with van der Waals surface area (Å²) < 4.78 is 13.0. The minimum absolute atomic E-state index is 0.0548. The number of anilines is 1. The molecular weight excluding hydrogens is 241 g/mol. The lowest BCUT2D eigenvalue weighted by Gasteiger charge is -2.25. The van der Waals surface area contributed by atoms with Gasteiger partial charge in [0.2, 0.25) is 5.91 Å². The van der Waals surface area contributed by atoms with Crippen molar-refractivity contribution in [1.29, 1.82) is 0 Å². The number of benzene rings is 2. The van der Waals surface area contributed by atoms with Crippen molar-refractivity contribution in [1.82, 2.24) is 0 Å². The molecule has 0 radical (unpaired) electrons. The number of carbonyl (C=O) groups excluding carboxylic acids is 1. The van der Waals surface area contributed by atoms with E-state index in [4.69, 9.17) is 0 Å². The molecular formula is C16H14FNO. The Morgan fingerprint density at radius 1 is 1.00 bits per heavy atom. The van der Waals surface area contributed by atoms with Gasteiger partial charge in [0.05, 0.1) is 6.04 Å². The summed E-state index contributed by atoms with van der Waals surface area (Å²) in [6.45, 7) is 0. The molecule has 0 bridgehead atoms. The number of halogens is 1. The van der Waals surface area contributed by atoms with E-state index in [1.54, 1.807) is 17.0 Å². The summed E-state index contributed by atoms with van der Waals surface area (Å²) in [5.41, 5.74) is 1.88. The van der Waals surface area contributed by atoms with Crippen LogP contribution in [0.4, 0.5) is 10.1 Å². The minimum Gasteiger partial charge on any atom is -0.305 e. The SMILES string of the molecule is O=C1CCC(c2ccccc2)N1c1ccc(F)cc1. The van der Waals surface area contributed by atoms with E-state index in [9.17, 15) is 9.18 Å². The predicted molar refractivity (Wildman–Crippen MR) is 72.3 cm³/mol. The van der Waals surface area contributed by atoms with Gasteiger partial charge in [0.15, 0.2) is 0 Å². The molecule has 1 saturated heterocycles. The molecule has 19 heavy (non-hydrogen) atoms. The fraction of sp³-hybridized carbons (Fsp3) is 0.188. The second-order valence-electron chi connectivity index (χ2n) is 4.71. The van der Waals surface area contributed by atoms with Crippen LogP contribution < -0.4 is 4.90 Å². The van der Waals surface area contributed by atoms with Crippen molar-refractivity contribution in [2.45, 2.75) is 18.9 Å². The molecule has 0 N–H and O–H groups in total. The van der Waals surface area contributed by atoms with Crippen LogP contribution in [0.25, 0.3) is 0 Å². The number of nitrogens with zero attached hydrogens (tertiary/aromatic N) is 1. The van der Waals surface area contributed by atoms with E-state index in [0.29, 0.717) is 6.42 Å². The maximum Gasteiger partial charge on any atom is 0.227 e. The smallest absolute Gasteiger partial charge is 0.227 e. The molecule has 1 heterocycles. The third-order valence-electron chi connectivity index (χ3n) is 3.50. The standard InChI is InChI=1S/C16H14FNO/c17-13-6-8-14(9-7-13)18-15(10-11-16(18)19)12-4-2-1-3-5-12/h1-9,15H,10-11H2. The number of hydrogen-bond acceptors (Lipinski definition) is 1. The van der Waals surface area contributed by atoms with Gasteiger partial charge in [0.25, 0.3) is 0 Å². The summed E-state index contributed by atoms with van der Waals surface area (Å²) >= 11 is 0. The molecule has 1 amide bonds. The third kappa shape index (κ3) is 2.24. The summed E-state index contributed by atoms with van der Waals surface area (Å²) in [4.78, 5) is 13.8. The quantitative estimate of drug-likeness (QED) is 0.801. The lowest BCUT2D eigenvalue weighted by molar-refractivity contribution is -0.117. The van der Waals surface area contributed by atoms with E-state index in [-0.39, 0.29) is 17.8 Å². The molecule has 96 valence electrons. The molecule has 3 heteroatoms. The maximum atomic E-state index is 13.0. The van der Waals surface area contributed by atoms with Gasteiger partial charge in [-0.2, -0.15) is 0 Å². The average molecular weight is 255 g/mol. The zero-order valence-electron chi connectivity index (χ0n) is 10.4. The molecule has 1 unspecified atom stereocenters. The van der Waals surface area contributed by atoms with Crippen LogP contribution in [0.1, 0.15) is 24.4 Å². The zero-order valence-corrected chi connectivity index (χ0v) is 10.4. The largest absolute Gasteiger partial charge is 0.305 e. The highest BCUT2D eigenvalue weighted by Gasteiger charge is 2.32. The fourth-order valence-electron chi connectivity index (χ4n) is 2.60. The molecule has 3 rings (SSSR count). The summed E-state index contributed by atoms with van der Waals surface area (Å²) in [6.07, 6.45) is 1.34. The molecule has 1 fully saturated rings. The van der Waals surface area contributed by atoms with E-state index < -0.39 is 0 Å². The van der Waals surface area contributed by atoms with Crippen molar-refractivity contribution in [3.63, 3.8) is 0 Å². The molecule has 0 spiro atoms. The van der Waals surface area contributed by atoms with Crippen LogP contribution in [0.2, 0.25) is 0 Å². The van der Waals surface area contributed by atoms with Crippen molar-refractivity contribution >= 4 is 11.6 Å². The van der Waals surface area contributed by atoms with Crippen molar-refractivity contribution in [2.24, 2.45) is 0 Å². The fourth-order valence-corrected chi connectivity index (χ4v) is 2.60. The average Bonchev–Trinajstić information content (AvgIpc) is 2.83. The lowest BCUT2D eigenvalue weighted by Crippen LogP contribution is -2.27. The molecule has 2 aromatic rings. The second kappa shape index (κ2) is 4.84. The van der Waals surface area contributed by atoms with Gasteiger partial charge in [-0.05, 0) is 36.2 Å². The first kappa shape index (κ1) is 11.9. The van der Waals surface area contributed by atoms with Crippen molar-refractivity contribution in [2.75, 3.05) is 4.90 Å². The molecule has 1 atom stereocenters. The van der Waals surface area contributed by atoms with Crippen LogP contribution in [0.3, 0.4) is 0 Å². The second-order valence-corrected chi connectivity index (χ2v) is 4.71. The number of amides is 1. The summed E-state index contributed by atoms with van der Waals surface area (Å²) in [5.74, 6) is -0.188. The zero-order chi connectivity index (χ0) is 13.2. The molecule has 0 aromatic heterocycles. The first-order valence-electron chi connectivity index (χ1n) is 6.38. The Bertz CT molecular complexity index is 579. The van der Waals surface area contributed by atoms with Crippen molar-refractivity contribution in [3.8, 4) is 0 Å². The van der Waals surface area contributed by atoms with Gasteiger partial charge in [0, 0.05) is 12.1 Å². The Kier molecular flexibility index (Phi) is 3.03. The van der Waals surface area contributed by atoms with Crippen LogP contribution in [-0.4, -0.2) is 5.91 Å². The highest BCUT2D eigenvalue weighted by Crippen LogP contribution is 2.36. The molecule has 1 aliphatic heterocycles. The van der Waals surface area contributed by atoms with E-state index in [0.717, 1.165) is 17.7 Å². The van der Waals surface area contributed by atoms with Crippen LogP contribution in [0.5, 0.6) is 0 Å². The van der Waals surface area contributed by atoms with Crippen LogP contribution in [0.15, 0.2) is 54.6 Å². The molecule has 2 aromatic carbocycles. The van der Waals surface area contributed by atoms with Gasteiger partial charge in [-0.3, -0.25) is 4.79 Å². The normalized spacial score (nSPS) is 18.9. The summed E-state index contributed by atoms with van der Waals surface area (Å²) in [6, 6.07) is 16.1. The topological polar surface area (TPSA) is 20.3 Å². The molecule has 1 aliphatic rings. The molecule has 0 saturated carbocycles. The third-order valence-corrected chi connectivity index (χ3v) is 3.50. The number of hydrogen-bond donors (Lipinski definition) is 0.